The molecule has 158 valence electrons. The Morgan fingerprint density at radius 3 is 2.81 bits per heavy atom. The molecule has 1 aliphatic rings. The third-order valence-corrected chi connectivity index (χ3v) is 5.91. The number of halogens is 2. The highest BCUT2D eigenvalue weighted by atomic mass is 35.5. The Balaban J connectivity index is 1.60. The predicted molar refractivity (Wildman–Crippen MR) is 116 cm³/mol. The molecule has 0 radical (unpaired) electrons. The molecule has 0 bridgehead atoms. The van der Waals surface area contributed by atoms with Gasteiger partial charge in [0.15, 0.2) is 5.65 Å². The first-order chi connectivity index (χ1) is 15.0. The molecule has 0 aliphatic carbocycles. The minimum Gasteiger partial charge on any atom is -0.373 e. The van der Waals surface area contributed by atoms with Crippen molar-refractivity contribution < 1.29 is 9.13 Å². The van der Waals surface area contributed by atoms with Gasteiger partial charge in [-0.15, -0.1) is 0 Å². The Hall–Kier alpha value is -2.90. The zero-order valence-electron chi connectivity index (χ0n) is 17.2. The van der Waals surface area contributed by atoms with Crippen molar-refractivity contribution in [2.24, 2.45) is 7.05 Å². The van der Waals surface area contributed by atoms with Gasteiger partial charge >= 0.3 is 0 Å². The van der Waals surface area contributed by atoms with Gasteiger partial charge in [0.1, 0.15) is 11.3 Å². The fourth-order valence-electron chi connectivity index (χ4n) is 4.13. The Morgan fingerprint density at radius 1 is 1.16 bits per heavy atom. The van der Waals surface area contributed by atoms with Gasteiger partial charge in [-0.2, -0.15) is 5.10 Å². The fourth-order valence-corrected chi connectivity index (χ4v) is 4.29. The molecular weight excluding hydrogens is 417 g/mol. The summed E-state index contributed by atoms with van der Waals surface area (Å²) in [5.41, 5.74) is 4.89. The van der Waals surface area contributed by atoms with Crippen LogP contribution in [0.2, 0.25) is 5.02 Å². The topological polar surface area (TPSA) is 65.7 Å². The Kier molecular flexibility index (Phi) is 5.16. The maximum Gasteiger partial charge on any atom is 0.179 e. The predicted octanol–water partition coefficient (Wildman–Crippen LogP) is 5.16. The summed E-state index contributed by atoms with van der Waals surface area (Å²) in [5, 5.41) is 4.61. The summed E-state index contributed by atoms with van der Waals surface area (Å²) in [6.07, 6.45) is 7.04. The highest BCUT2D eigenvalue weighted by molar-refractivity contribution is 6.30. The van der Waals surface area contributed by atoms with Crippen molar-refractivity contribution in [2.75, 3.05) is 6.61 Å². The third-order valence-electron chi connectivity index (χ3n) is 5.68. The van der Waals surface area contributed by atoms with Crippen LogP contribution in [0.1, 0.15) is 41.8 Å². The van der Waals surface area contributed by atoms with Gasteiger partial charge in [-0.3, -0.25) is 9.67 Å². The second-order valence-electron chi connectivity index (χ2n) is 7.93. The molecule has 3 aromatic heterocycles. The number of pyridine rings is 1. The zero-order chi connectivity index (χ0) is 21.5. The van der Waals surface area contributed by atoms with Crippen LogP contribution in [-0.4, -0.2) is 31.3 Å². The summed E-state index contributed by atoms with van der Waals surface area (Å²) < 4.78 is 22.6. The van der Waals surface area contributed by atoms with Crippen LogP contribution in [0, 0.1) is 12.7 Å². The second-order valence-corrected chi connectivity index (χ2v) is 8.37. The van der Waals surface area contributed by atoms with Gasteiger partial charge in [0.25, 0.3) is 0 Å². The van der Waals surface area contributed by atoms with Crippen LogP contribution in [0.5, 0.6) is 0 Å². The number of fused-ring (bicyclic) bond motifs is 1. The lowest BCUT2D eigenvalue weighted by Gasteiger charge is -2.29. The van der Waals surface area contributed by atoms with E-state index in [4.69, 9.17) is 21.3 Å². The van der Waals surface area contributed by atoms with Gasteiger partial charge in [0.2, 0.25) is 0 Å². The third kappa shape index (κ3) is 3.91. The first-order valence-electron chi connectivity index (χ1n) is 10.2. The van der Waals surface area contributed by atoms with Crippen molar-refractivity contribution in [2.45, 2.75) is 31.8 Å². The molecular formula is C23H21ClFN5O. The van der Waals surface area contributed by atoms with Gasteiger partial charge in [0.05, 0.1) is 18.0 Å². The van der Waals surface area contributed by atoms with Crippen molar-refractivity contribution in [3.05, 3.63) is 70.6 Å². The lowest BCUT2D eigenvalue weighted by atomic mass is 9.88. The molecule has 1 aliphatic heterocycles. The first kappa shape index (κ1) is 20.0. The maximum atomic E-state index is 14.8. The smallest absolute Gasteiger partial charge is 0.179 e. The highest BCUT2D eigenvalue weighted by Crippen LogP contribution is 2.39. The van der Waals surface area contributed by atoms with Crippen molar-refractivity contribution in [3.8, 4) is 11.1 Å². The molecule has 31 heavy (non-hydrogen) atoms. The number of hydrogen-bond acceptors (Lipinski definition) is 5. The van der Waals surface area contributed by atoms with Crippen LogP contribution in [0.3, 0.4) is 0 Å². The van der Waals surface area contributed by atoms with Gasteiger partial charge in [-0.25, -0.2) is 14.4 Å². The Labute approximate surface area is 184 Å². The van der Waals surface area contributed by atoms with Gasteiger partial charge in [-0.1, -0.05) is 11.6 Å². The van der Waals surface area contributed by atoms with Crippen molar-refractivity contribution >= 4 is 22.8 Å². The summed E-state index contributed by atoms with van der Waals surface area (Å²) in [7, 11) is 1.89. The molecule has 0 amide bonds. The number of nitrogens with zero attached hydrogens (tertiary/aromatic N) is 5. The molecule has 1 fully saturated rings. The number of benzene rings is 1. The molecule has 0 N–H and O–H groups in total. The van der Waals surface area contributed by atoms with E-state index in [1.807, 2.05) is 32.4 Å². The number of aryl methyl sites for hydroxylation is 2. The molecule has 0 unspecified atom stereocenters. The molecule has 4 heterocycles. The van der Waals surface area contributed by atoms with E-state index in [2.05, 4.69) is 15.1 Å². The van der Waals surface area contributed by atoms with Crippen LogP contribution in [-0.2, 0) is 11.8 Å². The molecule has 5 rings (SSSR count). The van der Waals surface area contributed by atoms with Crippen LogP contribution < -0.4 is 0 Å². The van der Waals surface area contributed by atoms with E-state index in [-0.39, 0.29) is 12.0 Å². The van der Waals surface area contributed by atoms with Crippen molar-refractivity contribution in [1.82, 2.24) is 24.7 Å². The maximum absolute atomic E-state index is 14.8. The average Bonchev–Trinajstić information content (AvgIpc) is 3.19. The first-order valence-corrected chi connectivity index (χ1v) is 10.6. The van der Waals surface area contributed by atoms with E-state index in [9.17, 15) is 4.39 Å². The zero-order valence-corrected chi connectivity index (χ0v) is 18.0. The van der Waals surface area contributed by atoms with E-state index in [1.165, 1.54) is 6.07 Å². The number of hydrogen-bond donors (Lipinski definition) is 0. The molecule has 0 spiro atoms. The van der Waals surface area contributed by atoms with Crippen LogP contribution in [0.4, 0.5) is 4.39 Å². The summed E-state index contributed by atoms with van der Waals surface area (Å²) in [6, 6.07) is 6.62. The lowest BCUT2D eigenvalue weighted by molar-refractivity contribution is 0.00465. The van der Waals surface area contributed by atoms with Gasteiger partial charge in [-0.05, 0) is 44.0 Å². The van der Waals surface area contributed by atoms with Crippen molar-refractivity contribution in [3.63, 3.8) is 0 Å². The van der Waals surface area contributed by atoms with Gasteiger partial charge in [0, 0.05) is 59.4 Å². The summed E-state index contributed by atoms with van der Waals surface area (Å²) >= 11 is 5.97. The monoisotopic (exact) mass is 437 g/mol. The van der Waals surface area contributed by atoms with E-state index >= 15 is 0 Å². The van der Waals surface area contributed by atoms with Gasteiger partial charge < -0.3 is 4.74 Å². The van der Waals surface area contributed by atoms with E-state index in [0.29, 0.717) is 33.9 Å². The molecule has 4 aromatic rings. The van der Waals surface area contributed by atoms with Crippen LogP contribution in [0.25, 0.3) is 22.3 Å². The highest BCUT2D eigenvalue weighted by Gasteiger charge is 2.28. The molecule has 6 nitrogen and oxygen atoms in total. The molecule has 1 aromatic carbocycles. The standard InChI is InChI=1S/C23H21ClFN5O/c1-13-10-26-22-18(17-4-3-16(24)8-19(17)25)9-20(29-23(22)28-13)14-5-6-31-21(7-14)15-11-27-30(2)12-15/h3-4,8-12,14,21H,5-7H2,1-2H3/t14-,21-/m0/s1. The average molecular weight is 438 g/mol. The Bertz CT molecular complexity index is 1270. The quantitative estimate of drug-likeness (QED) is 0.443. The number of aromatic nitrogens is 5. The molecule has 1 saturated heterocycles. The van der Waals surface area contributed by atoms with E-state index in [0.717, 1.165) is 29.8 Å². The fraction of sp³-hybridized carbons (Fsp3) is 0.304. The minimum atomic E-state index is -0.395. The van der Waals surface area contributed by atoms with E-state index < -0.39 is 5.82 Å². The summed E-state index contributed by atoms with van der Waals surface area (Å²) in [4.78, 5) is 13.9. The molecule has 2 atom stereocenters. The Morgan fingerprint density at radius 2 is 2.03 bits per heavy atom. The summed E-state index contributed by atoms with van der Waals surface area (Å²) in [6.45, 7) is 2.49. The number of rotatable bonds is 3. The van der Waals surface area contributed by atoms with Crippen molar-refractivity contribution in [1.29, 1.82) is 0 Å². The molecule has 0 saturated carbocycles. The second kappa shape index (κ2) is 7.98. The number of ether oxygens (including phenoxy) is 1. The largest absolute Gasteiger partial charge is 0.373 e. The molecule has 8 heteroatoms. The lowest BCUT2D eigenvalue weighted by Crippen LogP contribution is -2.19. The van der Waals surface area contributed by atoms with Crippen LogP contribution >= 0.6 is 11.6 Å². The summed E-state index contributed by atoms with van der Waals surface area (Å²) in [5.74, 6) is -0.242. The normalized spacial score (nSPS) is 19.1. The minimum absolute atomic E-state index is 0.0516. The SMILES string of the molecule is Cc1cnc2c(-c3ccc(Cl)cc3F)cc([C@H]3CCO[C@H](c4cnn(C)c4)C3)nc2n1. The van der Waals surface area contributed by atoms with E-state index in [1.54, 1.807) is 23.0 Å². The van der Waals surface area contributed by atoms with Crippen LogP contribution in [0.15, 0.2) is 42.9 Å².